The van der Waals surface area contributed by atoms with Gasteiger partial charge in [-0.05, 0) is 51.7 Å². The summed E-state index contributed by atoms with van der Waals surface area (Å²) in [7, 11) is -2.07. The van der Waals surface area contributed by atoms with Gasteiger partial charge in [-0.3, -0.25) is 0 Å². The van der Waals surface area contributed by atoms with Crippen LogP contribution >= 0.6 is 0 Å². The van der Waals surface area contributed by atoms with Crippen molar-refractivity contribution in [2.24, 2.45) is 5.92 Å². The van der Waals surface area contributed by atoms with E-state index in [0.717, 1.165) is 12.8 Å². The second kappa shape index (κ2) is 8.26. The van der Waals surface area contributed by atoms with Crippen LogP contribution in [0.25, 0.3) is 0 Å². The lowest BCUT2D eigenvalue weighted by Crippen LogP contribution is -2.51. The van der Waals surface area contributed by atoms with Crippen LogP contribution in [0.2, 0.25) is 0 Å². The lowest BCUT2D eigenvalue weighted by Gasteiger charge is -2.34. The normalized spacial score (nSPS) is 16.4. The number of nitrogens with zero attached hydrogens (tertiary/aromatic N) is 1. The number of methoxy groups -OCH3 is 1. The van der Waals surface area contributed by atoms with E-state index in [0.29, 0.717) is 25.4 Å². The van der Waals surface area contributed by atoms with Crippen LogP contribution in [0.1, 0.15) is 33.6 Å². The number of nitrogens with one attached hydrogen (secondary N) is 2. The summed E-state index contributed by atoms with van der Waals surface area (Å²) >= 11 is 0. The number of likely N-dealkylation sites (tertiary alicyclic amines) is 1. The summed E-state index contributed by atoms with van der Waals surface area (Å²) in [5.74, 6) is 0.722. The highest BCUT2D eigenvalue weighted by molar-refractivity contribution is 7.89. The van der Waals surface area contributed by atoms with Gasteiger partial charge in [0.1, 0.15) is 5.75 Å². The van der Waals surface area contributed by atoms with Crippen LogP contribution < -0.4 is 14.8 Å². The fourth-order valence-electron chi connectivity index (χ4n) is 2.82. The van der Waals surface area contributed by atoms with Crippen LogP contribution in [-0.4, -0.2) is 51.6 Å². The summed E-state index contributed by atoms with van der Waals surface area (Å²) in [4.78, 5) is 14.2. The lowest BCUT2D eigenvalue weighted by molar-refractivity contribution is 0.163. The van der Waals surface area contributed by atoms with Gasteiger partial charge in [-0.2, -0.15) is 0 Å². The third kappa shape index (κ3) is 5.88. The van der Waals surface area contributed by atoms with E-state index >= 15 is 0 Å². The Morgan fingerprint density at radius 1 is 1.27 bits per heavy atom. The lowest BCUT2D eigenvalue weighted by atomic mass is 9.97. The molecule has 0 saturated carbocycles. The van der Waals surface area contributed by atoms with Crippen LogP contribution in [0.4, 0.5) is 4.79 Å². The first kappa shape index (κ1) is 20.5. The van der Waals surface area contributed by atoms with E-state index in [1.54, 1.807) is 23.1 Å². The average Bonchev–Trinajstić information content (AvgIpc) is 2.59. The maximum atomic E-state index is 12.4. The Morgan fingerprint density at radius 2 is 1.92 bits per heavy atom. The predicted octanol–water partition coefficient (Wildman–Crippen LogP) is 2.19. The first-order chi connectivity index (χ1) is 12.1. The van der Waals surface area contributed by atoms with Gasteiger partial charge in [0.25, 0.3) is 0 Å². The molecule has 0 spiro atoms. The van der Waals surface area contributed by atoms with Gasteiger partial charge in [-0.25, -0.2) is 17.9 Å². The van der Waals surface area contributed by atoms with Crippen molar-refractivity contribution in [1.82, 2.24) is 14.9 Å². The minimum atomic E-state index is -3.57. The third-order valence-corrected chi connectivity index (χ3v) is 5.72. The average molecular weight is 384 g/mol. The number of piperidine rings is 1. The summed E-state index contributed by atoms with van der Waals surface area (Å²) < 4.78 is 32.6. The minimum absolute atomic E-state index is 0.0621. The van der Waals surface area contributed by atoms with Crippen molar-refractivity contribution in [3.05, 3.63) is 24.3 Å². The summed E-state index contributed by atoms with van der Waals surface area (Å²) in [5, 5.41) is 2.96. The van der Waals surface area contributed by atoms with Crippen molar-refractivity contribution in [2.75, 3.05) is 26.7 Å². The van der Waals surface area contributed by atoms with Crippen LogP contribution in [0.3, 0.4) is 0 Å². The van der Waals surface area contributed by atoms with E-state index in [-0.39, 0.29) is 22.4 Å². The Bertz CT molecular complexity index is 720. The largest absolute Gasteiger partial charge is 0.497 e. The predicted molar refractivity (Wildman–Crippen MR) is 101 cm³/mol. The van der Waals surface area contributed by atoms with Crippen molar-refractivity contribution in [1.29, 1.82) is 0 Å². The molecule has 26 heavy (non-hydrogen) atoms. The molecule has 7 nitrogen and oxygen atoms in total. The Hall–Kier alpha value is -1.80. The van der Waals surface area contributed by atoms with Gasteiger partial charge in [-0.15, -0.1) is 0 Å². The summed E-state index contributed by atoms with van der Waals surface area (Å²) in [5.41, 5.74) is -0.264. The number of rotatable bonds is 5. The number of amides is 2. The molecule has 2 N–H and O–H groups in total. The monoisotopic (exact) mass is 383 g/mol. The van der Waals surface area contributed by atoms with E-state index in [1.165, 1.54) is 13.2 Å². The summed E-state index contributed by atoms with van der Waals surface area (Å²) in [6, 6.07) is 6.34. The summed E-state index contributed by atoms with van der Waals surface area (Å²) in [6.07, 6.45) is 1.55. The molecule has 0 aromatic heterocycles. The molecule has 146 valence electrons. The molecule has 2 amide bonds. The van der Waals surface area contributed by atoms with Gasteiger partial charge < -0.3 is 15.0 Å². The van der Waals surface area contributed by atoms with Crippen LogP contribution in [-0.2, 0) is 10.0 Å². The van der Waals surface area contributed by atoms with E-state index in [2.05, 4.69) is 10.0 Å². The van der Waals surface area contributed by atoms with Crippen molar-refractivity contribution < 1.29 is 17.9 Å². The molecular formula is C18H29N3O4S. The zero-order chi connectivity index (χ0) is 19.4. The van der Waals surface area contributed by atoms with Crippen LogP contribution in [0, 0.1) is 5.92 Å². The molecule has 1 heterocycles. The molecule has 2 rings (SSSR count). The highest BCUT2D eigenvalue weighted by atomic mass is 32.2. The standard InChI is InChI=1S/C18H29N3O4S/c1-18(2,3)20-17(22)21-10-8-14(9-11-21)13-19-26(23,24)16-7-5-6-15(12-16)25-4/h5-7,12,14,19H,8-11,13H2,1-4H3,(H,20,22). The van der Waals surface area contributed by atoms with Gasteiger partial charge in [0, 0.05) is 31.2 Å². The first-order valence-electron chi connectivity index (χ1n) is 8.81. The molecule has 1 aromatic rings. The molecule has 1 fully saturated rings. The Morgan fingerprint density at radius 3 is 2.50 bits per heavy atom. The topological polar surface area (TPSA) is 87.7 Å². The fourth-order valence-corrected chi connectivity index (χ4v) is 3.97. The van der Waals surface area contributed by atoms with E-state index < -0.39 is 10.0 Å². The van der Waals surface area contributed by atoms with Crippen molar-refractivity contribution in [3.63, 3.8) is 0 Å². The molecule has 8 heteroatoms. The number of hydrogen-bond donors (Lipinski definition) is 2. The number of carbonyl (C=O) groups excluding carboxylic acids is 1. The van der Waals surface area contributed by atoms with Gasteiger partial charge in [0.15, 0.2) is 0 Å². The molecule has 1 aliphatic rings. The number of carbonyl (C=O) groups is 1. The van der Waals surface area contributed by atoms with Gasteiger partial charge in [0.2, 0.25) is 10.0 Å². The number of hydrogen-bond acceptors (Lipinski definition) is 4. The highest BCUT2D eigenvalue weighted by Crippen LogP contribution is 2.20. The van der Waals surface area contributed by atoms with Crippen molar-refractivity contribution in [3.8, 4) is 5.75 Å². The number of benzene rings is 1. The molecule has 1 aliphatic heterocycles. The zero-order valence-corrected chi connectivity index (χ0v) is 16.7. The van der Waals surface area contributed by atoms with Crippen molar-refractivity contribution in [2.45, 2.75) is 44.0 Å². The maximum absolute atomic E-state index is 12.4. The van der Waals surface area contributed by atoms with Crippen LogP contribution in [0.5, 0.6) is 5.75 Å². The zero-order valence-electron chi connectivity index (χ0n) is 15.9. The second-order valence-electron chi connectivity index (χ2n) is 7.64. The molecule has 1 saturated heterocycles. The van der Waals surface area contributed by atoms with Gasteiger partial charge >= 0.3 is 6.03 Å². The Kier molecular flexibility index (Phi) is 6.52. The molecule has 0 aliphatic carbocycles. The maximum Gasteiger partial charge on any atom is 0.317 e. The van der Waals surface area contributed by atoms with E-state index in [9.17, 15) is 13.2 Å². The molecule has 1 aromatic carbocycles. The Balaban J connectivity index is 1.85. The number of ether oxygens (including phenoxy) is 1. The highest BCUT2D eigenvalue weighted by Gasteiger charge is 2.26. The quantitative estimate of drug-likeness (QED) is 0.816. The van der Waals surface area contributed by atoms with Crippen LogP contribution in [0.15, 0.2) is 29.2 Å². The van der Waals surface area contributed by atoms with Crippen molar-refractivity contribution >= 4 is 16.1 Å². The molecule has 0 unspecified atom stereocenters. The number of urea groups is 1. The van der Waals surface area contributed by atoms with Gasteiger partial charge in [0.05, 0.1) is 12.0 Å². The molecule has 0 bridgehead atoms. The molecular weight excluding hydrogens is 354 g/mol. The van der Waals surface area contributed by atoms with E-state index in [1.807, 2.05) is 20.8 Å². The smallest absolute Gasteiger partial charge is 0.317 e. The van der Waals surface area contributed by atoms with Gasteiger partial charge in [-0.1, -0.05) is 6.07 Å². The van der Waals surface area contributed by atoms with E-state index in [4.69, 9.17) is 4.74 Å². The third-order valence-electron chi connectivity index (χ3n) is 4.30. The molecule has 0 radical (unpaired) electrons. The number of sulfonamides is 1. The molecule has 0 atom stereocenters. The minimum Gasteiger partial charge on any atom is -0.497 e. The fraction of sp³-hybridized carbons (Fsp3) is 0.611. The first-order valence-corrected chi connectivity index (χ1v) is 10.3. The second-order valence-corrected chi connectivity index (χ2v) is 9.41. The summed E-state index contributed by atoms with van der Waals surface area (Å²) in [6.45, 7) is 7.48. The SMILES string of the molecule is COc1cccc(S(=O)(=O)NCC2CCN(C(=O)NC(C)(C)C)CC2)c1. The Labute approximate surface area is 156 Å².